The van der Waals surface area contributed by atoms with Crippen LogP contribution in [0.3, 0.4) is 0 Å². The number of nitrogens with zero attached hydrogens (tertiary/aromatic N) is 2. The number of benzene rings is 1. The molecule has 1 rings (SSSR count). The predicted molar refractivity (Wildman–Crippen MR) is 68.4 cm³/mol. The standard InChI is InChI=1S/C14H19FN2/c1-10(2)8-11(3)17(4)14-7-5-6-13(15)12(14)9-16/h5-7,10-11H,8H2,1-4H3. The molecule has 1 aromatic carbocycles. The number of hydrogen-bond donors (Lipinski definition) is 0. The Balaban J connectivity index is 3.00. The predicted octanol–water partition coefficient (Wildman–Crippen LogP) is 3.57. The first-order valence-electron chi connectivity index (χ1n) is 5.88. The zero-order chi connectivity index (χ0) is 13.0. The second-order valence-electron chi connectivity index (χ2n) is 4.84. The first kappa shape index (κ1) is 13.5. The summed E-state index contributed by atoms with van der Waals surface area (Å²) in [5, 5.41) is 9.00. The molecule has 0 aromatic heterocycles. The smallest absolute Gasteiger partial charge is 0.143 e. The molecule has 0 bridgehead atoms. The first-order valence-corrected chi connectivity index (χ1v) is 5.88. The fourth-order valence-electron chi connectivity index (χ4n) is 2.00. The van der Waals surface area contributed by atoms with E-state index in [2.05, 4.69) is 20.8 Å². The number of nitriles is 1. The third-order valence-electron chi connectivity index (χ3n) is 2.96. The molecule has 1 atom stereocenters. The highest BCUT2D eigenvalue weighted by Crippen LogP contribution is 2.24. The van der Waals surface area contributed by atoms with Gasteiger partial charge in [-0.1, -0.05) is 19.9 Å². The summed E-state index contributed by atoms with van der Waals surface area (Å²) in [5.41, 5.74) is 0.797. The molecule has 0 aliphatic heterocycles. The summed E-state index contributed by atoms with van der Waals surface area (Å²) in [4.78, 5) is 1.97. The fraction of sp³-hybridized carbons (Fsp3) is 0.500. The molecule has 0 saturated heterocycles. The molecule has 1 aromatic rings. The molecule has 2 nitrogen and oxygen atoms in total. The van der Waals surface area contributed by atoms with Crippen LogP contribution in [-0.4, -0.2) is 13.1 Å². The normalized spacial score (nSPS) is 12.3. The molecule has 0 aliphatic rings. The van der Waals surface area contributed by atoms with Gasteiger partial charge in [0.25, 0.3) is 0 Å². The maximum atomic E-state index is 13.5. The summed E-state index contributed by atoms with van der Waals surface area (Å²) in [6.07, 6.45) is 1.01. The van der Waals surface area contributed by atoms with Gasteiger partial charge >= 0.3 is 0 Å². The van der Waals surface area contributed by atoms with Crippen molar-refractivity contribution in [3.8, 4) is 6.07 Å². The number of halogens is 1. The highest BCUT2D eigenvalue weighted by atomic mass is 19.1. The van der Waals surface area contributed by atoms with E-state index in [9.17, 15) is 4.39 Å². The molecule has 0 radical (unpaired) electrons. The van der Waals surface area contributed by atoms with Gasteiger partial charge in [0.15, 0.2) is 0 Å². The monoisotopic (exact) mass is 234 g/mol. The molecule has 0 saturated carbocycles. The minimum Gasteiger partial charge on any atom is -0.371 e. The van der Waals surface area contributed by atoms with Crippen molar-refractivity contribution < 1.29 is 4.39 Å². The minimum absolute atomic E-state index is 0.130. The van der Waals surface area contributed by atoms with E-state index in [4.69, 9.17) is 5.26 Å². The maximum Gasteiger partial charge on any atom is 0.143 e. The van der Waals surface area contributed by atoms with Crippen molar-refractivity contribution >= 4 is 5.69 Å². The SMILES string of the molecule is CC(C)CC(C)N(C)c1cccc(F)c1C#N. The van der Waals surface area contributed by atoms with Crippen LogP contribution in [0.15, 0.2) is 18.2 Å². The second-order valence-corrected chi connectivity index (χ2v) is 4.84. The van der Waals surface area contributed by atoms with Gasteiger partial charge in [-0.2, -0.15) is 5.26 Å². The van der Waals surface area contributed by atoms with Crippen molar-refractivity contribution in [2.24, 2.45) is 5.92 Å². The van der Waals surface area contributed by atoms with E-state index < -0.39 is 5.82 Å². The zero-order valence-corrected chi connectivity index (χ0v) is 10.9. The highest BCUT2D eigenvalue weighted by molar-refractivity contribution is 5.59. The summed E-state index contributed by atoms with van der Waals surface area (Å²) in [7, 11) is 1.91. The Kier molecular flexibility index (Phi) is 4.51. The third-order valence-corrected chi connectivity index (χ3v) is 2.96. The lowest BCUT2D eigenvalue weighted by Crippen LogP contribution is -2.30. The number of anilines is 1. The molecule has 1 unspecified atom stereocenters. The van der Waals surface area contributed by atoms with Gasteiger partial charge in [0.2, 0.25) is 0 Å². The van der Waals surface area contributed by atoms with Crippen LogP contribution in [-0.2, 0) is 0 Å². The van der Waals surface area contributed by atoms with Gasteiger partial charge in [0.1, 0.15) is 17.4 Å². The second kappa shape index (κ2) is 5.67. The largest absolute Gasteiger partial charge is 0.371 e. The molecule has 3 heteroatoms. The molecule has 0 fully saturated rings. The zero-order valence-electron chi connectivity index (χ0n) is 10.9. The highest BCUT2D eigenvalue weighted by Gasteiger charge is 2.16. The fourth-order valence-corrected chi connectivity index (χ4v) is 2.00. The van der Waals surface area contributed by atoms with Crippen molar-refractivity contribution in [3.05, 3.63) is 29.6 Å². The van der Waals surface area contributed by atoms with Gasteiger partial charge in [-0.3, -0.25) is 0 Å². The van der Waals surface area contributed by atoms with E-state index in [0.717, 1.165) is 6.42 Å². The molecule has 92 valence electrons. The lowest BCUT2D eigenvalue weighted by molar-refractivity contribution is 0.503. The molecule has 0 heterocycles. The van der Waals surface area contributed by atoms with E-state index in [-0.39, 0.29) is 11.6 Å². The molecular formula is C14H19FN2. The van der Waals surface area contributed by atoms with Gasteiger partial charge in [0.05, 0.1) is 5.69 Å². The Bertz CT molecular complexity index is 421. The average molecular weight is 234 g/mol. The van der Waals surface area contributed by atoms with Crippen molar-refractivity contribution in [2.75, 3.05) is 11.9 Å². The van der Waals surface area contributed by atoms with E-state index in [1.807, 2.05) is 18.0 Å². The lowest BCUT2D eigenvalue weighted by atomic mass is 10.0. The van der Waals surface area contributed by atoms with Gasteiger partial charge in [0, 0.05) is 13.1 Å². The maximum absolute atomic E-state index is 13.5. The third kappa shape index (κ3) is 3.20. The Hall–Kier alpha value is -1.56. The lowest BCUT2D eigenvalue weighted by Gasteiger charge is -2.29. The summed E-state index contributed by atoms with van der Waals surface area (Å²) < 4.78 is 13.5. The van der Waals surface area contributed by atoms with Crippen LogP contribution < -0.4 is 4.90 Å². The minimum atomic E-state index is -0.450. The number of hydrogen-bond acceptors (Lipinski definition) is 2. The Morgan fingerprint density at radius 2 is 2.00 bits per heavy atom. The van der Waals surface area contributed by atoms with Crippen LogP contribution in [0.4, 0.5) is 10.1 Å². The van der Waals surface area contributed by atoms with Crippen LogP contribution >= 0.6 is 0 Å². The van der Waals surface area contributed by atoms with Crippen molar-refractivity contribution in [1.82, 2.24) is 0 Å². The van der Waals surface area contributed by atoms with Gasteiger partial charge in [-0.15, -0.1) is 0 Å². The van der Waals surface area contributed by atoms with Crippen LogP contribution in [0.25, 0.3) is 0 Å². The summed E-state index contributed by atoms with van der Waals surface area (Å²) in [6, 6.07) is 6.97. The quantitative estimate of drug-likeness (QED) is 0.796. The number of rotatable bonds is 4. The Labute approximate surface area is 103 Å². The van der Waals surface area contributed by atoms with Gasteiger partial charge in [-0.25, -0.2) is 4.39 Å². The van der Waals surface area contributed by atoms with Gasteiger partial charge < -0.3 is 4.90 Å². The molecule has 0 aliphatic carbocycles. The van der Waals surface area contributed by atoms with Crippen molar-refractivity contribution in [3.63, 3.8) is 0 Å². The average Bonchev–Trinajstić information content (AvgIpc) is 2.26. The molecule has 0 amide bonds. The topological polar surface area (TPSA) is 27.0 Å². The molecule has 17 heavy (non-hydrogen) atoms. The van der Waals surface area contributed by atoms with Crippen LogP contribution in [0.1, 0.15) is 32.8 Å². The summed E-state index contributed by atoms with van der Waals surface area (Å²) >= 11 is 0. The molecular weight excluding hydrogens is 215 g/mol. The van der Waals surface area contributed by atoms with Crippen LogP contribution in [0.2, 0.25) is 0 Å². The summed E-state index contributed by atoms with van der Waals surface area (Å²) in [6.45, 7) is 6.40. The molecule has 0 spiro atoms. The van der Waals surface area contributed by atoms with Gasteiger partial charge in [-0.05, 0) is 31.4 Å². The first-order chi connectivity index (χ1) is 7.97. The van der Waals surface area contributed by atoms with Crippen molar-refractivity contribution in [1.29, 1.82) is 5.26 Å². The van der Waals surface area contributed by atoms with Crippen molar-refractivity contribution in [2.45, 2.75) is 33.2 Å². The van der Waals surface area contributed by atoms with E-state index in [1.54, 1.807) is 12.1 Å². The van der Waals surface area contributed by atoms with E-state index >= 15 is 0 Å². The summed E-state index contributed by atoms with van der Waals surface area (Å²) in [5.74, 6) is 0.125. The van der Waals surface area contributed by atoms with Crippen LogP contribution in [0.5, 0.6) is 0 Å². The Morgan fingerprint density at radius 1 is 1.35 bits per heavy atom. The molecule has 0 N–H and O–H groups in total. The van der Waals surface area contributed by atoms with E-state index in [1.165, 1.54) is 6.07 Å². The van der Waals surface area contributed by atoms with Crippen LogP contribution in [0, 0.1) is 23.1 Å². The Morgan fingerprint density at radius 3 is 2.53 bits per heavy atom. The van der Waals surface area contributed by atoms with E-state index in [0.29, 0.717) is 11.6 Å².